The summed E-state index contributed by atoms with van der Waals surface area (Å²) in [6.07, 6.45) is 2.89. The highest BCUT2D eigenvalue weighted by Gasteiger charge is 2.16. The number of carbonyl (C=O) groups is 1. The number of halogens is 2. The quantitative estimate of drug-likeness (QED) is 0.879. The molecule has 1 aromatic carbocycles. The first-order valence-corrected chi connectivity index (χ1v) is 7.25. The highest BCUT2D eigenvalue weighted by molar-refractivity contribution is 9.10. The Bertz CT molecular complexity index is 408. The standard InChI is InChI=1S/C14H19BrN2O.ClH/c15-13-3-1-2-12(8-13)10-17-14(18)9-11-4-6-16-7-5-11;/h1-3,8,11,16H,4-7,9-10H2,(H,17,18);1H. The molecule has 106 valence electrons. The third-order valence-electron chi connectivity index (χ3n) is 3.31. The summed E-state index contributed by atoms with van der Waals surface area (Å²) in [5.74, 6) is 0.718. The molecule has 0 saturated carbocycles. The fraction of sp³-hybridized carbons (Fsp3) is 0.500. The fourth-order valence-electron chi connectivity index (χ4n) is 2.27. The molecule has 19 heavy (non-hydrogen) atoms. The van der Waals surface area contributed by atoms with Crippen LogP contribution >= 0.6 is 28.3 Å². The lowest BCUT2D eigenvalue weighted by Crippen LogP contribution is -2.32. The Morgan fingerprint density at radius 2 is 2.11 bits per heavy atom. The van der Waals surface area contributed by atoms with Crippen molar-refractivity contribution in [2.24, 2.45) is 5.92 Å². The first-order valence-electron chi connectivity index (χ1n) is 6.46. The fourth-order valence-corrected chi connectivity index (χ4v) is 2.71. The van der Waals surface area contributed by atoms with Gasteiger partial charge in [-0.3, -0.25) is 4.79 Å². The number of rotatable bonds is 4. The number of amides is 1. The van der Waals surface area contributed by atoms with Crippen LogP contribution in [0.5, 0.6) is 0 Å². The van der Waals surface area contributed by atoms with E-state index in [4.69, 9.17) is 0 Å². The van der Waals surface area contributed by atoms with Crippen LogP contribution < -0.4 is 10.6 Å². The van der Waals surface area contributed by atoms with Crippen LogP contribution in [0.3, 0.4) is 0 Å². The number of carbonyl (C=O) groups excluding carboxylic acids is 1. The zero-order chi connectivity index (χ0) is 12.8. The Balaban J connectivity index is 0.00000180. The van der Waals surface area contributed by atoms with Gasteiger partial charge in [-0.15, -0.1) is 12.4 Å². The average Bonchev–Trinajstić information content (AvgIpc) is 2.38. The van der Waals surface area contributed by atoms with E-state index >= 15 is 0 Å². The minimum Gasteiger partial charge on any atom is -0.352 e. The molecule has 2 rings (SSSR count). The summed E-state index contributed by atoms with van der Waals surface area (Å²) in [6, 6.07) is 8.03. The lowest BCUT2D eigenvalue weighted by Gasteiger charge is -2.21. The van der Waals surface area contributed by atoms with Crippen molar-refractivity contribution in [1.29, 1.82) is 0 Å². The highest BCUT2D eigenvalue weighted by atomic mass is 79.9. The molecule has 5 heteroatoms. The first-order chi connectivity index (χ1) is 8.74. The van der Waals surface area contributed by atoms with Crippen LogP contribution in [0.2, 0.25) is 0 Å². The molecule has 0 spiro atoms. The maximum absolute atomic E-state index is 11.8. The first kappa shape index (κ1) is 16.5. The van der Waals surface area contributed by atoms with Gasteiger partial charge in [0.05, 0.1) is 0 Å². The topological polar surface area (TPSA) is 41.1 Å². The van der Waals surface area contributed by atoms with Gasteiger partial charge in [0.1, 0.15) is 0 Å². The summed E-state index contributed by atoms with van der Waals surface area (Å²) in [5.41, 5.74) is 1.13. The molecule has 1 amide bonds. The molecule has 0 aliphatic carbocycles. The molecule has 1 aliphatic heterocycles. The Morgan fingerprint density at radius 3 is 2.79 bits per heavy atom. The smallest absolute Gasteiger partial charge is 0.220 e. The summed E-state index contributed by atoms with van der Waals surface area (Å²) in [7, 11) is 0. The summed E-state index contributed by atoms with van der Waals surface area (Å²) >= 11 is 3.43. The van der Waals surface area contributed by atoms with E-state index in [1.807, 2.05) is 24.3 Å². The highest BCUT2D eigenvalue weighted by Crippen LogP contribution is 2.16. The van der Waals surface area contributed by atoms with Gasteiger partial charge in [-0.1, -0.05) is 28.1 Å². The molecule has 1 saturated heterocycles. The lowest BCUT2D eigenvalue weighted by atomic mass is 9.94. The van der Waals surface area contributed by atoms with Crippen LogP contribution in [0, 0.1) is 5.92 Å². The van der Waals surface area contributed by atoms with E-state index in [1.54, 1.807) is 0 Å². The number of hydrogen-bond donors (Lipinski definition) is 2. The Kier molecular flexibility index (Phi) is 7.42. The maximum Gasteiger partial charge on any atom is 0.220 e. The second kappa shape index (κ2) is 8.56. The van der Waals surface area contributed by atoms with Gasteiger partial charge in [0.25, 0.3) is 0 Å². The third kappa shape index (κ3) is 5.93. The van der Waals surface area contributed by atoms with Crippen LogP contribution in [0.15, 0.2) is 28.7 Å². The maximum atomic E-state index is 11.8. The third-order valence-corrected chi connectivity index (χ3v) is 3.80. The van der Waals surface area contributed by atoms with E-state index in [0.29, 0.717) is 18.9 Å². The van der Waals surface area contributed by atoms with Crippen molar-refractivity contribution in [3.8, 4) is 0 Å². The van der Waals surface area contributed by atoms with E-state index in [1.165, 1.54) is 0 Å². The molecule has 0 atom stereocenters. The van der Waals surface area contributed by atoms with Crippen LogP contribution in [-0.2, 0) is 11.3 Å². The molecule has 1 aliphatic rings. The van der Waals surface area contributed by atoms with Crippen LogP contribution in [-0.4, -0.2) is 19.0 Å². The van der Waals surface area contributed by atoms with Crippen molar-refractivity contribution < 1.29 is 4.79 Å². The second-order valence-electron chi connectivity index (χ2n) is 4.80. The van der Waals surface area contributed by atoms with Crippen LogP contribution in [0.1, 0.15) is 24.8 Å². The van der Waals surface area contributed by atoms with Gasteiger partial charge in [-0.25, -0.2) is 0 Å². The number of nitrogens with one attached hydrogen (secondary N) is 2. The molecule has 3 nitrogen and oxygen atoms in total. The van der Waals surface area contributed by atoms with Crippen molar-refractivity contribution in [3.63, 3.8) is 0 Å². The number of hydrogen-bond acceptors (Lipinski definition) is 2. The van der Waals surface area contributed by atoms with Crippen molar-refractivity contribution in [2.75, 3.05) is 13.1 Å². The molecule has 0 radical (unpaired) electrons. The zero-order valence-corrected chi connectivity index (χ0v) is 13.2. The number of piperidine rings is 1. The second-order valence-corrected chi connectivity index (χ2v) is 5.72. The predicted octanol–water partition coefficient (Wildman–Crippen LogP) is 2.88. The van der Waals surface area contributed by atoms with Gasteiger partial charge in [-0.2, -0.15) is 0 Å². The summed E-state index contributed by atoms with van der Waals surface area (Å²) in [5, 5.41) is 6.31. The zero-order valence-electron chi connectivity index (χ0n) is 10.8. The molecule has 2 N–H and O–H groups in total. The van der Waals surface area contributed by atoms with Gasteiger partial charge in [-0.05, 0) is 49.5 Å². The van der Waals surface area contributed by atoms with Gasteiger partial charge >= 0.3 is 0 Å². The molecule has 0 unspecified atom stereocenters. The molecular weight excluding hydrogens is 328 g/mol. The SMILES string of the molecule is Cl.O=C(CC1CCNCC1)NCc1cccc(Br)c1. The summed E-state index contributed by atoms with van der Waals surface area (Å²) in [6.45, 7) is 2.70. The van der Waals surface area contributed by atoms with Gasteiger partial charge in [0.15, 0.2) is 0 Å². The van der Waals surface area contributed by atoms with E-state index in [-0.39, 0.29) is 18.3 Å². The minimum absolute atomic E-state index is 0. The van der Waals surface area contributed by atoms with Gasteiger partial charge < -0.3 is 10.6 Å². The van der Waals surface area contributed by atoms with Crippen molar-refractivity contribution in [2.45, 2.75) is 25.8 Å². The number of benzene rings is 1. The summed E-state index contributed by atoms with van der Waals surface area (Å²) in [4.78, 5) is 11.8. The predicted molar refractivity (Wildman–Crippen MR) is 83.4 cm³/mol. The summed E-state index contributed by atoms with van der Waals surface area (Å²) < 4.78 is 1.05. The largest absolute Gasteiger partial charge is 0.352 e. The van der Waals surface area contributed by atoms with Crippen molar-refractivity contribution >= 4 is 34.2 Å². The van der Waals surface area contributed by atoms with Gasteiger partial charge in [0, 0.05) is 17.4 Å². The molecule has 0 bridgehead atoms. The van der Waals surface area contributed by atoms with Crippen molar-refractivity contribution in [3.05, 3.63) is 34.3 Å². The Morgan fingerprint density at radius 1 is 1.37 bits per heavy atom. The van der Waals surface area contributed by atoms with E-state index in [2.05, 4.69) is 26.6 Å². The van der Waals surface area contributed by atoms with Crippen molar-refractivity contribution in [1.82, 2.24) is 10.6 Å². The Hall–Kier alpha value is -0.580. The Labute approximate surface area is 129 Å². The van der Waals surface area contributed by atoms with Gasteiger partial charge in [0.2, 0.25) is 5.91 Å². The van der Waals surface area contributed by atoms with Crippen LogP contribution in [0.4, 0.5) is 0 Å². The lowest BCUT2D eigenvalue weighted by molar-refractivity contribution is -0.122. The molecule has 1 fully saturated rings. The molecule has 1 heterocycles. The van der Waals surface area contributed by atoms with Crippen LogP contribution in [0.25, 0.3) is 0 Å². The van der Waals surface area contributed by atoms with E-state index in [9.17, 15) is 4.79 Å². The van der Waals surface area contributed by atoms with E-state index < -0.39 is 0 Å². The molecule has 0 aromatic heterocycles. The molecular formula is C14H20BrClN2O. The monoisotopic (exact) mass is 346 g/mol. The average molecular weight is 348 g/mol. The molecule has 1 aromatic rings. The minimum atomic E-state index is 0. The van der Waals surface area contributed by atoms with E-state index in [0.717, 1.165) is 36.0 Å². The normalized spacial score (nSPS) is 15.6.